The Balaban J connectivity index is 2.13. The second-order valence-corrected chi connectivity index (χ2v) is 5.28. The summed E-state index contributed by atoms with van der Waals surface area (Å²) >= 11 is 0. The van der Waals surface area contributed by atoms with Crippen LogP contribution < -0.4 is 5.46 Å². The Bertz CT molecular complexity index is 870. The van der Waals surface area contributed by atoms with Gasteiger partial charge in [0, 0.05) is 0 Å². The Labute approximate surface area is 135 Å². The first-order chi connectivity index (χ1) is 11.2. The molecule has 3 aromatic carbocycles. The van der Waals surface area contributed by atoms with Gasteiger partial charge in [0.25, 0.3) is 0 Å². The minimum absolute atomic E-state index is 0.422. The zero-order valence-corrected chi connectivity index (χ0v) is 12.3. The van der Waals surface area contributed by atoms with Gasteiger partial charge in [0.15, 0.2) is 0 Å². The summed E-state index contributed by atoms with van der Waals surface area (Å²) in [4.78, 5) is 0. The van der Waals surface area contributed by atoms with E-state index in [1.807, 2.05) is 48.5 Å². The van der Waals surface area contributed by atoms with E-state index in [9.17, 15) is 15.3 Å². The summed E-state index contributed by atoms with van der Waals surface area (Å²) in [5, 5.41) is 28.0. The predicted octanol–water partition coefficient (Wildman–Crippen LogP) is 2.57. The van der Waals surface area contributed by atoms with Crippen molar-refractivity contribution in [1.82, 2.24) is 0 Å². The Morgan fingerprint density at radius 2 is 1.35 bits per heavy atom. The Morgan fingerprint density at radius 1 is 0.696 bits per heavy atom. The minimum Gasteiger partial charge on any atom is -0.423 e. The number of hydrogen-bond acceptors (Lipinski definition) is 3. The highest BCUT2D eigenvalue weighted by atomic mass is 16.4. The van der Waals surface area contributed by atoms with Crippen LogP contribution in [0.25, 0.3) is 22.3 Å². The van der Waals surface area contributed by atoms with Gasteiger partial charge in [0.05, 0.1) is 11.6 Å². The van der Waals surface area contributed by atoms with Crippen molar-refractivity contribution in [2.45, 2.75) is 0 Å². The molecule has 23 heavy (non-hydrogen) atoms. The summed E-state index contributed by atoms with van der Waals surface area (Å²) in [6.07, 6.45) is 0. The van der Waals surface area contributed by atoms with Crippen LogP contribution >= 0.6 is 0 Å². The average Bonchev–Trinajstić information content (AvgIpc) is 2.62. The molecule has 3 nitrogen and oxygen atoms in total. The lowest BCUT2D eigenvalue weighted by atomic mass is 9.79. The Kier molecular flexibility index (Phi) is 4.25. The highest BCUT2D eigenvalue weighted by Crippen LogP contribution is 2.27. The molecule has 0 bridgehead atoms. The third kappa shape index (κ3) is 3.32. The molecule has 0 fully saturated rings. The van der Waals surface area contributed by atoms with Gasteiger partial charge in [-0.25, -0.2) is 0 Å². The third-order valence-corrected chi connectivity index (χ3v) is 3.69. The van der Waals surface area contributed by atoms with Crippen molar-refractivity contribution in [2.24, 2.45) is 0 Å². The first kappa shape index (κ1) is 15.0. The van der Waals surface area contributed by atoms with E-state index >= 15 is 0 Å². The van der Waals surface area contributed by atoms with Crippen LogP contribution in [0.15, 0.2) is 72.8 Å². The first-order valence-corrected chi connectivity index (χ1v) is 7.24. The summed E-state index contributed by atoms with van der Waals surface area (Å²) in [7, 11) is -1.51. The van der Waals surface area contributed by atoms with Gasteiger partial charge in [0.1, 0.15) is 0 Å². The van der Waals surface area contributed by atoms with Crippen LogP contribution in [0.4, 0.5) is 0 Å². The molecule has 0 heterocycles. The van der Waals surface area contributed by atoms with Crippen molar-refractivity contribution >= 4 is 12.6 Å². The van der Waals surface area contributed by atoms with Crippen molar-refractivity contribution in [1.29, 1.82) is 5.26 Å². The van der Waals surface area contributed by atoms with Gasteiger partial charge in [-0.2, -0.15) is 5.26 Å². The number of nitrogens with zero attached hydrogens (tertiary/aromatic N) is 1. The van der Waals surface area contributed by atoms with Crippen LogP contribution in [0.2, 0.25) is 0 Å². The van der Waals surface area contributed by atoms with Crippen LogP contribution in [0.5, 0.6) is 0 Å². The summed E-state index contributed by atoms with van der Waals surface area (Å²) < 4.78 is 0. The summed E-state index contributed by atoms with van der Waals surface area (Å²) in [6, 6.07) is 24.7. The molecule has 0 aliphatic carbocycles. The highest BCUT2D eigenvalue weighted by molar-refractivity contribution is 6.58. The maximum Gasteiger partial charge on any atom is 0.488 e. The van der Waals surface area contributed by atoms with E-state index in [0.717, 1.165) is 22.3 Å². The molecule has 0 radical (unpaired) electrons. The molecule has 0 unspecified atom stereocenters. The Hall–Kier alpha value is -2.87. The molecular weight excluding hydrogens is 285 g/mol. The van der Waals surface area contributed by atoms with Gasteiger partial charge < -0.3 is 10.0 Å². The standard InChI is InChI=1S/C19H14BNO2/c21-13-14-9-17(15-5-2-1-3-6-15)11-18(10-14)16-7-4-8-19(12-16)20(22)23/h1-12,22-23H. The van der Waals surface area contributed by atoms with Gasteiger partial charge in [-0.05, 0) is 45.9 Å². The van der Waals surface area contributed by atoms with Crippen LogP contribution in [-0.4, -0.2) is 17.2 Å². The smallest absolute Gasteiger partial charge is 0.423 e. The van der Waals surface area contributed by atoms with Crippen LogP contribution in [-0.2, 0) is 0 Å². The van der Waals surface area contributed by atoms with Crippen LogP contribution in [0, 0.1) is 11.3 Å². The minimum atomic E-state index is -1.51. The van der Waals surface area contributed by atoms with Crippen molar-refractivity contribution < 1.29 is 10.0 Å². The molecule has 0 aliphatic heterocycles. The van der Waals surface area contributed by atoms with E-state index in [4.69, 9.17) is 0 Å². The second-order valence-electron chi connectivity index (χ2n) is 5.28. The lowest BCUT2D eigenvalue weighted by Gasteiger charge is -2.09. The maximum absolute atomic E-state index is 9.33. The fraction of sp³-hybridized carbons (Fsp3) is 0. The van der Waals surface area contributed by atoms with Gasteiger partial charge >= 0.3 is 7.12 Å². The molecule has 0 aliphatic rings. The molecule has 110 valence electrons. The molecule has 0 saturated carbocycles. The largest absolute Gasteiger partial charge is 0.488 e. The lowest BCUT2D eigenvalue weighted by molar-refractivity contribution is 0.426. The van der Waals surface area contributed by atoms with Crippen LogP contribution in [0.3, 0.4) is 0 Å². The maximum atomic E-state index is 9.33. The van der Waals surface area contributed by atoms with Gasteiger partial charge in [-0.1, -0.05) is 54.6 Å². The number of rotatable bonds is 3. The zero-order chi connectivity index (χ0) is 16.2. The number of hydrogen-bond donors (Lipinski definition) is 2. The summed E-state index contributed by atoms with van der Waals surface area (Å²) in [5.41, 5.74) is 4.68. The molecule has 0 aromatic heterocycles. The normalized spacial score (nSPS) is 10.1. The monoisotopic (exact) mass is 299 g/mol. The predicted molar refractivity (Wildman–Crippen MR) is 91.9 cm³/mol. The fourth-order valence-electron chi connectivity index (χ4n) is 2.53. The van der Waals surface area contributed by atoms with E-state index in [-0.39, 0.29) is 0 Å². The van der Waals surface area contributed by atoms with Crippen molar-refractivity contribution in [2.75, 3.05) is 0 Å². The quantitative estimate of drug-likeness (QED) is 0.731. The number of benzene rings is 3. The molecule has 0 amide bonds. The van der Waals surface area contributed by atoms with Gasteiger partial charge in [-0.15, -0.1) is 0 Å². The SMILES string of the molecule is N#Cc1cc(-c2ccccc2)cc(-c2cccc(B(O)O)c2)c1. The first-order valence-electron chi connectivity index (χ1n) is 7.24. The molecule has 3 rings (SSSR count). The molecule has 4 heteroatoms. The lowest BCUT2D eigenvalue weighted by Crippen LogP contribution is -2.29. The topological polar surface area (TPSA) is 64.2 Å². The molecule has 0 spiro atoms. The van der Waals surface area contributed by atoms with Crippen molar-refractivity contribution in [3.05, 3.63) is 78.4 Å². The van der Waals surface area contributed by atoms with E-state index in [2.05, 4.69) is 6.07 Å². The zero-order valence-electron chi connectivity index (χ0n) is 12.3. The molecule has 2 N–H and O–H groups in total. The third-order valence-electron chi connectivity index (χ3n) is 3.69. The molecule has 0 saturated heterocycles. The van der Waals surface area contributed by atoms with E-state index in [1.165, 1.54) is 0 Å². The van der Waals surface area contributed by atoms with Crippen molar-refractivity contribution in [3.63, 3.8) is 0 Å². The van der Waals surface area contributed by atoms with Crippen LogP contribution in [0.1, 0.15) is 5.56 Å². The second kappa shape index (κ2) is 6.49. The summed E-state index contributed by atoms with van der Waals surface area (Å²) in [6.45, 7) is 0. The number of nitriles is 1. The molecular formula is C19H14BNO2. The average molecular weight is 299 g/mol. The van der Waals surface area contributed by atoms with E-state index in [1.54, 1.807) is 24.3 Å². The van der Waals surface area contributed by atoms with E-state index < -0.39 is 7.12 Å². The Morgan fingerprint density at radius 3 is 2.00 bits per heavy atom. The van der Waals surface area contributed by atoms with Crippen molar-refractivity contribution in [3.8, 4) is 28.3 Å². The fourth-order valence-corrected chi connectivity index (χ4v) is 2.53. The molecule has 0 atom stereocenters. The summed E-state index contributed by atoms with van der Waals surface area (Å²) in [5.74, 6) is 0. The molecule has 3 aromatic rings. The van der Waals surface area contributed by atoms with E-state index in [0.29, 0.717) is 11.0 Å². The highest BCUT2D eigenvalue weighted by Gasteiger charge is 2.12. The van der Waals surface area contributed by atoms with Gasteiger partial charge in [0.2, 0.25) is 0 Å². The van der Waals surface area contributed by atoms with Gasteiger partial charge in [-0.3, -0.25) is 0 Å².